The van der Waals surface area contributed by atoms with Crippen LogP contribution in [0.5, 0.6) is 17.5 Å². The first kappa shape index (κ1) is 16.1. The Kier molecular flexibility index (Phi) is 4.78. The maximum atomic E-state index is 5.88. The molecule has 0 aliphatic rings. The maximum Gasteiger partial charge on any atom is 0.241 e. The van der Waals surface area contributed by atoms with Crippen molar-refractivity contribution < 1.29 is 9.47 Å². The van der Waals surface area contributed by atoms with Crippen LogP contribution >= 0.6 is 31.9 Å². The zero-order valence-electron chi connectivity index (χ0n) is 12.0. The maximum absolute atomic E-state index is 5.88. The second-order valence-electron chi connectivity index (χ2n) is 5.44. The molecule has 0 saturated heterocycles. The van der Waals surface area contributed by atoms with Crippen LogP contribution in [-0.4, -0.2) is 10.6 Å². The first-order chi connectivity index (χ1) is 9.74. The van der Waals surface area contributed by atoms with Crippen LogP contribution in [0.4, 0.5) is 5.69 Å². The number of nitrogen functional groups attached to an aromatic ring is 1. The molecule has 1 aromatic carbocycles. The SMILES string of the molecule is CC(C)(C)Oc1nc(Oc2ccc(Br)cc2Br)ccc1N. The molecule has 2 N–H and O–H groups in total. The van der Waals surface area contributed by atoms with Gasteiger partial charge < -0.3 is 15.2 Å². The number of nitrogens with two attached hydrogens (primary N) is 1. The van der Waals surface area contributed by atoms with Gasteiger partial charge in [-0.05, 0) is 61.0 Å². The highest BCUT2D eigenvalue weighted by Gasteiger charge is 2.16. The Morgan fingerprint density at radius 3 is 2.43 bits per heavy atom. The van der Waals surface area contributed by atoms with E-state index in [9.17, 15) is 0 Å². The molecule has 0 radical (unpaired) electrons. The summed E-state index contributed by atoms with van der Waals surface area (Å²) in [4.78, 5) is 4.31. The molecule has 1 aromatic heterocycles. The zero-order chi connectivity index (χ0) is 15.6. The Morgan fingerprint density at radius 1 is 1.10 bits per heavy atom. The van der Waals surface area contributed by atoms with Crippen molar-refractivity contribution in [3.63, 3.8) is 0 Å². The third-order valence-corrected chi connectivity index (χ3v) is 3.49. The fourth-order valence-electron chi connectivity index (χ4n) is 1.53. The Bertz CT molecular complexity index is 655. The molecule has 0 amide bonds. The molecule has 0 aliphatic heterocycles. The van der Waals surface area contributed by atoms with Gasteiger partial charge in [0.05, 0.1) is 10.2 Å². The molecule has 6 heteroatoms. The monoisotopic (exact) mass is 414 g/mol. The van der Waals surface area contributed by atoms with Gasteiger partial charge in [0, 0.05) is 10.5 Å². The first-order valence-corrected chi connectivity index (χ1v) is 7.92. The largest absolute Gasteiger partial charge is 0.470 e. The normalized spacial score (nSPS) is 11.3. The number of halogens is 2. The van der Waals surface area contributed by atoms with Gasteiger partial charge in [-0.1, -0.05) is 15.9 Å². The van der Waals surface area contributed by atoms with Crippen LogP contribution < -0.4 is 15.2 Å². The van der Waals surface area contributed by atoms with Crippen LogP contribution in [-0.2, 0) is 0 Å². The standard InChI is InChI=1S/C15H16Br2N2O2/c1-15(2,3)21-14-11(18)5-7-13(19-14)20-12-6-4-9(16)8-10(12)17/h4-8H,18H2,1-3H3. The lowest BCUT2D eigenvalue weighted by atomic mass is 10.2. The van der Waals surface area contributed by atoms with Crippen molar-refractivity contribution in [2.75, 3.05) is 5.73 Å². The number of benzene rings is 1. The number of hydrogen-bond acceptors (Lipinski definition) is 4. The highest BCUT2D eigenvalue weighted by Crippen LogP contribution is 2.33. The summed E-state index contributed by atoms with van der Waals surface area (Å²) in [5.41, 5.74) is 5.98. The molecule has 0 fully saturated rings. The number of ether oxygens (including phenoxy) is 2. The number of hydrogen-bond donors (Lipinski definition) is 1. The summed E-state index contributed by atoms with van der Waals surface area (Å²) in [6.07, 6.45) is 0. The lowest BCUT2D eigenvalue weighted by molar-refractivity contribution is 0.124. The highest BCUT2D eigenvalue weighted by atomic mass is 79.9. The number of aromatic nitrogens is 1. The molecule has 2 rings (SSSR count). The molecule has 0 bridgehead atoms. The topological polar surface area (TPSA) is 57.4 Å². The summed E-state index contributed by atoms with van der Waals surface area (Å²) in [7, 11) is 0. The van der Waals surface area contributed by atoms with Gasteiger partial charge in [-0.3, -0.25) is 0 Å². The van der Waals surface area contributed by atoms with Gasteiger partial charge >= 0.3 is 0 Å². The Balaban J connectivity index is 2.26. The van der Waals surface area contributed by atoms with E-state index in [4.69, 9.17) is 15.2 Å². The van der Waals surface area contributed by atoms with E-state index < -0.39 is 0 Å². The molecule has 0 unspecified atom stereocenters. The van der Waals surface area contributed by atoms with Crippen molar-refractivity contribution in [1.82, 2.24) is 4.98 Å². The minimum Gasteiger partial charge on any atom is -0.470 e. The van der Waals surface area contributed by atoms with Crippen LogP contribution in [0.2, 0.25) is 0 Å². The third kappa shape index (κ3) is 4.61. The van der Waals surface area contributed by atoms with Gasteiger partial charge in [0.2, 0.25) is 11.8 Å². The molecule has 0 aliphatic carbocycles. The molecule has 0 atom stereocenters. The van der Waals surface area contributed by atoms with E-state index in [0.29, 0.717) is 23.2 Å². The molecule has 4 nitrogen and oxygen atoms in total. The van der Waals surface area contributed by atoms with E-state index in [1.165, 1.54) is 0 Å². The van der Waals surface area contributed by atoms with E-state index in [-0.39, 0.29) is 5.60 Å². The number of pyridine rings is 1. The zero-order valence-corrected chi connectivity index (χ0v) is 15.2. The molecule has 0 saturated carbocycles. The summed E-state index contributed by atoms with van der Waals surface area (Å²) >= 11 is 6.85. The number of anilines is 1. The highest BCUT2D eigenvalue weighted by molar-refractivity contribution is 9.11. The second-order valence-corrected chi connectivity index (χ2v) is 7.21. The average molecular weight is 416 g/mol. The fourth-order valence-corrected chi connectivity index (χ4v) is 2.66. The summed E-state index contributed by atoms with van der Waals surface area (Å²) in [5, 5.41) is 0. The Morgan fingerprint density at radius 2 is 1.81 bits per heavy atom. The summed E-state index contributed by atoms with van der Waals surface area (Å²) in [6, 6.07) is 9.06. The molecule has 21 heavy (non-hydrogen) atoms. The van der Waals surface area contributed by atoms with Gasteiger partial charge in [-0.25, -0.2) is 0 Å². The van der Waals surface area contributed by atoms with Crippen molar-refractivity contribution in [2.24, 2.45) is 0 Å². The summed E-state index contributed by atoms with van der Waals surface area (Å²) < 4.78 is 13.3. The summed E-state index contributed by atoms with van der Waals surface area (Å²) in [5.74, 6) is 1.46. The van der Waals surface area contributed by atoms with Crippen molar-refractivity contribution in [3.8, 4) is 17.5 Å². The predicted molar refractivity (Wildman–Crippen MR) is 90.9 cm³/mol. The molecular formula is C15H16Br2N2O2. The Hall–Kier alpha value is -1.27. The van der Waals surface area contributed by atoms with Crippen LogP contribution in [0.1, 0.15) is 20.8 Å². The average Bonchev–Trinajstić information content (AvgIpc) is 2.35. The van der Waals surface area contributed by atoms with Crippen LogP contribution in [0, 0.1) is 0 Å². The van der Waals surface area contributed by atoms with Crippen molar-refractivity contribution in [1.29, 1.82) is 0 Å². The van der Waals surface area contributed by atoms with E-state index >= 15 is 0 Å². The minimum absolute atomic E-state index is 0.369. The number of rotatable bonds is 3. The first-order valence-electron chi connectivity index (χ1n) is 6.33. The van der Waals surface area contributed by atoms with Crippen molar-refractivity contribution >= 4 is 37.5 Å². The van der Waals surface area contributed by atoms with Crippen LogP contribution in [0.15, 0.2) is 39.3 Å². The smallest absolute Gasteiger partial charge is 0.241 e. The van der Waals surface area contributed by atoms with E-state index in [2.05, 4.69) is 36.8 Å². The predicted octanol–water partition coefficient (Wildman–Crippen LogP) is 5.16. The second kappa shape index (κ2) is 6.23. The van der Waals surface area contributed by atoms with E-state index in [1.807, 2.05) is 39.0 Å². The van der Waals surface area contributed by atoms with Crippen molar-refractivity contribution in [2.45, 2.75) is 26.4 Å². The van der Waals surface area contributed by atoms with Gasteiger partial charge in [-0.15, -0.1) is 0 Å². The third-order valence-electron chi connectivity index (χ3n) is 2.38. The van der Waals surface area contributed by atoms with Crippen LogP contribution in [0.25, 0.3) is 0 Å². The van der Waals surface area contributed by atoms with Gasteiger partial charge in [0.15, 0.2) is 0 Å². The Labute approximate surface area is 140 Å². The molecular weight excluding hydrogens is 400 g/mol. The molecule has 1 heterocycles. The van der Waals surface area contributed by atoms with Crippen LogP contribution in [0.3, 0.4) is 0 Å². The molecule has 0 spiro atoms. The van der Waals surface area contributed by atoms with E-state index in [1.54, 1.807) is 12.1 Å². The summed E-state index contributed by atoms with van der Waals surface area (Å²) in [6.45, 7) is 5.81. The lowest BCUT2D eigenvalue weighted by Crippen LogP contribution is -2.24. The van der Waals surface area contributed by atoms with Gasteiger partial charge in [-0.2, -0.15) is 4.98 Å². The fraction of sp³-hybridized carbons (Fsp3) is 0.267. The molecule has 112 valence electrons. The lowest BCUT2D eigenvalue weighted by Gasteiger charge is -2.21. The quantitative estimate of drug-likeness (QED) is 0.752. The molecule has 2 aromatic rings. The van der Waals surface area contributed by atoms with E-state index in [0.717, 1.165) is 8.95 Å². The van der Waals surface area contributed by atoms with Gasteiger partial charge in [0.25, 0.3) is 0 Å². The minimum atomic E-state index is -0.377. The van der Waals surface area contributed by atoms with Crippen molar-refractivity contribution in [3.05, 3.63) is 39.3 Å². The van der Waals surface area contributed by atoms with Gasteiger partial charge in [0.1, 0.15) is 11.4 Å². The number of nitrogens with zero attached hydrogens (tertiary/aromatic N) is 1.